The van der Waals surface area contributed by atoms with E-state index in [2.05, 4.69) is 15.1 Å². The molecule has 4 rings (SSSR count). The second-order valence-corrected chi connectivity index (χ2v) is 6.53. The van der Waals surface area contributed by atoms with Crippen LogP contribution < -0.4 is 5.56 Å². The highest BCUT2D eigenvalue weighted by Crippen LogP contribution is 2.33. The summed E-state index contributed by atoms with van der Waals surface area (Å²) in [7, 11) is 0. The second kappa shape index (κ2) is 5.86. The van der Waals surface area contributed by atoms with E-state index >= 15 is 0 Å². The van der Waals surface area contributed by atoms with Crippen molar-refractivity contribution >= 4 is 39.1 Å². The highest BCUT2D eigenvalue weighted by molar-refractivity contribution is 7.18. The topological polar surface area (TPSA) is 60.1 Å². The normalized spacial score (nSPS) is 11.5. The Morgan fingerprint density at radius 1 is 1.17 bits per heavy atom. The van der Waals surface area contributed by atoms with E-state index in [4.69, 9.17) is 0 Å². The Kier molecular flexibility index (Phi) is 3.57. The van der Waals surface area contributed by atoms with Crippen LogP contribution >= 0.6 is 22.7 Å². The van der Waals surface area contributed by atoms with E-state index in [1.54, 1.807) is 29.9 Å². The summed E-state index contributed by atoms with van der Waals surface area (Å²) in [5.41, 5.74) is 1.63. The molecule has 0 radical (unpaired) electrons. The third kappa shape index (κ3) is 2.60. The predicted octanol–water partition coefficient (Wildman–Crippen LogP) is 3.46. The molecule has 5 nitrogen and oxygen atoms in total. The number of rotatable bonds is 3. The van der Waals surface area contributed by atoms with Crippen LogP contribution in [0.15, 0.2) is 63.6 Å². The molecule has 0 aromatic carbocycles. The van der Waals surface area contributed by atoms with Gasteiger partial charge in [0.15, 0.2) is 0 Å². The lowest BCUT2D eigenvalue weighted by Gasteiger charge is -1.99. The van der Waals surface area contributed by atoms with Gasteiger partial charge in [-0.25, -0.2) is 4.98 Å². The number of thiophene rings is 2. The van der Waals surface area contributed by atoms with Crippen LogP contribution in [0.2, 0.25) is 0 Å². The molecule has 4 aromatic heterocycles. The monoisotopic (exact) mass is 338 g/mol. The molecule has 0 saturated heterocycles. The summed E-state index contributed by atoms with van der Waals surface area (Å²) < 4.78 is 1.27. The van der Waals surface area contributed by atoms with Crippen molar-refractivity contribution in [3.05, 3.63) is 69.7 Å². The van der Waals surface area contributed by atoms with Gasteiger partial charge >= 0.3 is 0 Å². The standard InChI is InChI=1S/C16H10N4OS2/c21-16-14-12(13-2-1-7-22-13)9-23-15(14)18-10-20(16)19-8-11-3-5-17-6-4-11/h1-10H/b19-8-. The smallest absolute Gasteiger partial charge is 0.267 e. The molecule has 0 amide bonds. The summed E-state index contributed by atoms with van der Waals surface area (Å²) in [6, 6.07) is 7.62. The van der Waals surface area contributed by atoms with Crippen molar-refractivity contribution in [1.29, 1.82) is 0 Å². The minimum Gasteiger partial charge on any atom is -0.267 e. The summed E-state index contributed by atoms with van der Waals surface area (Å²) in [4.78, 5) is 22.8. The lowest BCUT2D eigenvalue weighted by molar-refractivity contribution is 0.819. The van der Waals surface area contributed by atoms with Gasteiger partial charge in [0, 0.05) is 28.2 Å². The molecule has 7 heteroatoms. The molecule has 0 aliphatic rings. The Morgan fingerprint density at radius 2 is 2.04 bits per heavy atom. The Balaban J connectivity index is 1.83. The van der Waals surface area contributed by atoms with Crippen molar-refractivity contribution in [2.24, 2.45) is 5.10 Å². The van der Waals surface area contributed by atoms with Crippen molar-refractivity contribution in [2.75, 3.05) is 0 Å². The first kappa shape index (κ1) is 14.0. The molecule has 0 atom stereocenters. The van der Waals surface area contributed by atoms with E-state index in [0.717, 1.165) is 20.8 Å². The largest absolute Gasteiger partial charge is 0.283 e. The Bertz CT molecular complexity index is 1030. The summed E-state index contributed by atoms with van der Waals surface area (Å²) in [5, 5.41) is 8.81. The zero-order valence-electron chi connectivity index (χ0n) is 11.8. The molecule has 0 aliphatic heterocycles. The molecule has 0 saturated carbocycles. The number of hydrogen-bond donors (Lipinski definition) is 0. The van der Waals surface area contributed by atoms with E-state index in [1.807, 2.05) is 35.0 Å². The van der Waals surface area contributed by atoms with Crippen LogP contribution in [0.4, 0.5) is 0 Å². The minimum absolute atomic E-state index is 0.162. The van der Waals surface area contributed by atoms with Crippen LogP contribution in [0, 0.1) is 0 Å². The Hall–Kier alpha value is -2.64. The minimum atomic E-state index is -0.162. The first-order valence-corrected chi connectivity index (χ1v) is 8.56. The van der Waals surface area contributed by atoms with E-state index < -0.39 is 0 Å². The quantitative estimate of drug-likeness (QED) is 0.538. The lowest BCUT2D eigenvalue weighted by atomic mass is 10.2. The van der Waals surface area contributed by atoms with Gasteiger partial charge in [-0.1, -0.05) is 6.07 Å². The Morgan fingerprint density at radius 3 is 2.83 bits per heavy atom. The summed E-state index contributed by atoms with van der Waals surface area (Å²) in [6.45, 7) is 0. The Labute approximate surface area is 139 Å². The molecule has 0 N–H and O–H groups in total. The van der Waals surface area contributed by atoms with Gasteiger partial charge in [-0.3, -0.25) is 9.78 Å². The van der Waals surface area contributed by atoms with Gasteiger partial charge in [0.25, 0.3) is 5.56 Å². The lowest BCUT2D eigenvalue weighted by Crippen LogP contribution is -2.16. The number of aromatic nitrogens is 3. The molecular formula is C16H10N4OS2. The maximum Gasteiger partial charge on any atom is 0.283 e. The molecule has 4 heterocycles. The molecule has 4 aromatic rings. The first-order chi connectivity index (χ1) is 11.3. The van der Waals surface area contributed by atoms with E-state index in [-0.39, 0.29) is 5.56 Å². The molecule has 112 valence electrons. The molecule has 0 spiro atoms. The summed E-state index contributed by atoms with van der Waals surface area (Å²) in [5.74, 6) is 0. The van der Waals surface area contributed by atoms with E-state index in [9.17, 15) is 4.79 Å². The number of nitrogens with zero attached hydrogens (tertiary/aromatic N) is 4. The maximum atomic E-state index is 12.7. The fraction of sp³-hybridized carbons (Fsp3) is 0. The van der Waals surface area contributed by atoms with Crippen LogP contribution in [-0.4, -0.2) is 20.9 Å². The van der Waals surface area contributed by atoms with Crippen LogP contribution in [0.1, 0.15) is 5.56 Å². The van der Waals surface area contributed by atoms with Crippen LogP contribution in [0.5, 0.6) is 0 Å². The molecule has 0 unspecified atom stereocenters. The van der Waals surface area contributed by atoms with Crippen LogP contribution in [-0.2, 0) is 0 Å². The summed E-state index contributed by atoms with van der Waals surface area (Å²) in [6.07, 6.45) is 6.43. The van der Waals surface area contributed by atoms with Gasteiger partial charge in [0.05, 0.1) is 11.6 Å². The van der Waals surface area contributed by atoms with Gasteiger partial charge in [0.2, 0.25) is 0 Å². The molecule has 0 aliphatic carbocycles. The average Bonchev–Trinajstić information content (AvgIpc) is 3.24. The van der Waals surface area contributed by atoms with Gasteiger partial charge in [-0.2, -0.15) is 9.78 Å². The fourth-order valence-corrected chi connectivity index (χ4v) is 3.92. The third-order valence-corrected chi connectivity index (χ3v) is 5.09. The van der Waals surface area contributed by atoms with E-state index in [1.165, 1.54) is 22.3 Å². The van der Waals surface area contributed by atoms with Crippen molar-refractivity contribution in [1.82, 2.24) is 14.6 Å². The van der Waals surface area contributed by atoms with Gasteiger partial charge in [-0.05, 0) is 29.1 Å². The molecule has 0 bridgehead atoms. The zero-order valence-corrected chi connectivity index (χ0v) is 13.4. The van der Waals surface area contributed by atoms with Crippen LogP contribution in [0.3, 0.4) is 0 Å². The third-order valence-electron chi connectivity index (χ3n) is 3.30. The van der Waals surface area contributed by atoms with Gasteiger partial charge < -0.3 is 0 Å². The first-order valence-electron chi connectivity index (χ1n) is 6.80. The highest BCUT2D eigenvalue weighted by Gasteiger charge is 2.13. The number of pyridine rings is 1. The SMILES string of the molecule is O=c1c2c(-c3cccs3)csc2ncn1/N=C\c1ccncc1. The van der Waals surface area contributed by atoms with Gasteiger partial charge in [-0.15, -0.1) is 22.7 Å². The number of hydrogen-bond acceptors (Lipinski definition) is 6. The van der Waals surface area contributed by atoms with Crippen molar-refractivity contribution in [3.8, 4) is 10.4 Å². The fourth-order valence-electron chi connectivity index (χ4n) is 2.20. The number of fused-ring (bicyclic) bond motifs is 1. The highest BCUT2D eigenvalue weighted by atomic mass is 32.1. The zero-order chi connectivity index (χ0) is 15.6. The van der Waals surface area contributed by atoms with Crippen molar-refractivity contribution in [3.63, 3.8) is 0 Å². The summed E-state index contributed by atoms with van der Waals surface area (Å²) >= 11 is 3.08. The van der Waals surface area contributed by atoms with Crippen molar-refractivity contribution in [2.45, 2.75) is 0 Å². The maximum absolute atomic E-state index is 12.7. The molecule has 0 fully saturated rings. The van der Waals surface area contributed by atoms with Crippen molar-refractivity contribution < 1.29 is 0 Å². The molecule has 23 heavy (non-hydrogen) atoms. The average molecular weight is 338 g/mol. The predicted molar refractivity (Wildman–Crippen MR) is 94.4 cm³/mol. The molecular weight excluding hydrogens is 328 g/mol. The van der Waals surface area contributed by atoms with Gasteiger partial charge in [0.1, 0.15) is 11.2 Å². The second-order valence-electron chi connectivity index (χ2n) is 4.73. The van der Waals surface area contributed by atoms with E-state index in [0.29, 0.717) is 5.39 Å². The van der Waals surface area contributed by atoms with Crippen LogP contribution in [0.25, 0.3) is 20.7 Å².